The molecule has 1 atom stereocenters. The molecule has 3 nitrogen and oxygen atoms in total. The molecule has 0 aromatic heterocycles. The summed E-state index contributed by atoms with van der Waals surface area (Å²) >= 11 is 0. The molecule has 3 rings (SSSR count). The van der Waals surface area contributed by atoms with Crippen LogP contribution in [0.25, 0.3) is 0 Å². The smallest absolute Gasteiger partial charge is 0.343 e. The zero-order valence-corrected chi connectivity index (χ0v) is 20.2. The molecule has 1 saturated carbocycles. The molecule has 1 unspecified atom stereocenters. The van der Waals surface area contributed by atoms with E-state index in [1.165, 1.54) is 64.2 Å². The van der Waals surface area contributed by atoms with Crippen molar-refractivity contribution in [1.29, 1.82) is 0 Å². The van der Waals surface area contributed by atoms with Crippen LogP contribution >= 0.6 is 0 Å². The highest BCUT2D eigenvalue weighted by Crippen LogP contribution is 2.43. The molecule has 176 valence electrons. The molecule has 32 heavy (non-hydrogen) atoms. The first kappa shape index (κ1) is 24.8. The van der Waals surface area contributed by atoms with Crippen LogP contribution in [0.15, 0.2) is 54.1 Å². The minimum absolute atomic E-state index is 0.265. The van der Waals surface area contributed by atoms with Gasteiger partial charge >= 0.3 is 5.97 Å². The van der Waals surface area contributed by atoms with Crippen LogP contribution in [0, 0.1) is 11.8 Å². The Bertz CT molecular complexity index is 743. The van der Waals surface area contributed by atoms with Crippen molar-refractivity contribution >= 4 is 5.97 Å². The Morgan fingerprint density at radius 1 is 0.969 bits per heavy atom. The molecule has 0 spiro atoms. The summed E-state index contributed by atoms with van der Waals surface area (Å²) in [5.74, 6) is 1.72. The normalized spacial score (nSPS) is 25.4. The highest BCUT2D eigenvalue weighted by atomic mass is 16.5. The van der Waals surface area contributed by atoms with Crippen LogP contribution in [0.2, 0.25) is 0 Å². The first-order valence-electron chi connectivity index (χ1n) is 13.0. The molecule has 1 fully saturated rings. The summed E-state index contributed by atoms with van der Waals surface area (Å²) in [6, 6.07) is 9.29. The van der Waals surface area contributed by atoms with E-state index in [-0.39, 0.29) is 11.6 Å². The van der Waals surface area contributed by atoms with Crippen LogP contribution in [0.5, 0.6) is 5.75 Å². The molecule has 0 radical (unpaired) electrons. The van der Waals surface area contributed by atoms with Crippen LogP contribution < -0.4 is 4.74 Å². The van der Waals surface area contributed by atoms with Gasteiger partial charge in [-0.3, -0.25) is 0 Å². The molecule has 1 aromatic carbocycles. The van der Waals surface area contributed by atoms with Gasteiger partial charge in [0.1, 0.15) is 5.75 Å². The molecule has 0 aliphatic heterocycles. The van der Waals surface area contributed by atoms with Crippen molar-refractivity contribution < 1.29 is 14.3 Å². The lowest BCUT2D eigenvalue weighted by molar-refractivity contribution is -0.129. The molecule has 1 aromatic rings. The van der Waals surface area contributed by atoms with E-state index in [1.807, 2.05) is 42.5 Å². The lowest BCUT2D eigenvalue weighted by atomic mass is 9.69. The van der Waals surface area contributed by atoms with Gasteiger partial charge < -0.3 is 9.47 Å². The van der Waals surface area contributed by atoms with Gasteiger partial charge in [-0.15, -0.1) is 0 Å². The second kappa shape index (κ2) is 13.0. The third kappa shape index (κ3) is 7.07. The van der Waals surface area contributed by atoms with Gasteiger partial charge in [-0.05, 0) is 55.7 Å². The van der Waals surface area contributed by atoms with Crippen molar-refractivity contribution in [3.8, 4) is 5.75 Å². The molecule has 2 aliphatic carbocycles. The largest absolute Gasteiger partial charge is 0.423 e. The average molecular weight is 439 g/mol. The first-order valence-corrected chi connectivity index (χ1v) is 13.0. The van der Waals surface area contributed by atoms with Crippen LogP contribution in [0.1, 0.15) is 90.9 Å². The Kier molecular flexibility index (Phi) is 10.1. The van der Waals surface area contributed by atoms with E-state index >= 15 is 0 Å². The molecule has 0 amide bonds. The van der Waals surface area contributed by atoms with Crippen LogP contribution in [0.3, 0.4) is 0 Å². The molecule has 0 heterocycles. The maximum atomic E-state index is 12.6. The number of benzene rings is 1. The van der Waals surface area contributed by atoms with Gasteiger partial charge in [-0.2, -0.15) is 0 Å². The summed E-state index contributed by atoms with van der Waals surface area (Å²) in [5, 5.41) is 0. The first-order chi connectivity index (χ1) is 15.7. The molecule has 2 aliphatic rings. The summed E-state index contributed by atoms with van der Waals surface area (Å²) in [4.78, 5) is 12.6. The number of hydrogen-bond acceptors (Lipinski definition) is 3. The molecule has 0 N–H and O–H groups in total. The van der Waals surface area contributed by atoms with Gasteiger partial charge in [0.15, 0.2) is 0 Å². The summed E-state index contributed by atoms with van der Waals surface area (Å²) < 4.78 is 12.2. The zero-order valence-electron chi connectivity index (χ0n) is 20.2. The number of rotatable bonds is 12. The summed E-state index contributed by atoms with van der Waals surface area (Å²) in [6.45, 7) is 5.30. The lowest BCUT2D eigenvalue weighted by Crippen LogP contribution is -2.42. The van der Waals surface area contributed by atoms with Crippen molar-refractivity contribution in [3.05, 3.63) is 54.1 Å². The van der Waals surface area contributed by atoms with E-state index in [9.17, 15) is 4.79 Å². The summed E-state index contributed by atoms with van der Waals surface area (Å²) in [5.41, 5.74) is 0.369. The topological polar surface area (TPSA) is 35.5 Å². The Labute approximate surface area is 195 Å². The predicted molar refractivity (Wildman–Crippen MR) is 132 cm³/mol. The second-order valence-corrected chi connectivity index (χ2v) is 9.62. The third-order valence-electron chi connectivity index (χ3n) is 7.25. The fourth-order valence-electron chi connectivity index (χ4n) is 5.21. The van der Waals surface area contributed by atoms with Gasteiger partial charge in [0.05, 0.1) is 11.2 Å². The number of unbranched alkanes of at least 4 members (excludes halogenated alkanes) is 4. The highest BCUT2D eigenvalue weighted by molar-refractivity contribution is 5.93. The van der Waals surface area contributed by atoms with Crippen molar-refractivity contribution in [3.63, 3.8) is 0 Å². The predicted octanol–water partition coefficient (Wildman–Crippen LogP) is 7.81. The summed E-state index contributed by atoms with van der Waals surface area (Å²) in [6.07, 6.45) is 20.9. The summed E-state index contributed by atoms with van der Waals surface area (Å²) in [7, 11) is 0. The lowest BCUT2D eigenvalue weighted by Gasteiger charge is -2.43. The van der Waals surface area contributed by atoms with Crippen molar-refractivity contribution in [1.82, 2.24) is 0 Å². The second-order valence-electron chi connectivity index (χ2n) is 9.62. The van der Waals surface area contributed by atoms with E-state index in [1.54, 1.807) is 0 Å². The number of carbonyl (C=O) groups is 1. The third-order valence-corrected chi connectivity index (χ3v) is 7.25. The zero-order chi connectivity index (χ0) is 22.7. The van der Waals surface area contributed by atoms with Gasteiger partial charge in [0.2, 0.25) is 0 Å². The molecule has 3 heteroatoms. The minimum atomic E-state index is -0.285. The molecular formula is C29H42O3. The SMILES string of the molecule is CCCCCOC1(C2CCC(CCCCC)CC2)C=CC(C(=O)Oc2ccccc2)=CC1. The van der Waals surface area contributed by atoms with Crippen LogP contribution in [-0.2, 0) is 9.53 Å². The highest BCUT2D eigenvalue weighted by Gasteiger charge is 2.40. The number of para-hydroxylation sites is 1. The average Bonchev–Trinajstić information content (AvgIpc) is 2.83. The number of carbonyl (C=O) groups excluding carboxylic acids is 1. The van der Waals surface area contributed by atoms with Crippen molar-refractivity contribution in [2.45, 2.75) is 96.5 Å². The number of esters is 1. The van der Waals surface area contributed by atoms with E-state index in [2.05, 4.69) is 19.9 Å². The standard InChI is InChI=1S/C29H42O3/c1-3-5-8-12-24-15-17-26(18-16-24)29(31-23-11-6-4-2)21-19-25(20-22-29)28(30)32-27-13-9-7-10-14-27/h7,9-10,13-14,19-21,24,26H,3-6,8,11-12,15-18,22-23H2,1-2H3. The monoisotopic (exact) mass is 438 g/mol. The fraction of sp³-hybridized carbons (Fsp3) is 0.621. The maximum Gasteiger partial charge on any atom is 0.343 e. The Hall–Kier alpha value is -1.87. The van der Waals surface area contributed by atoms with Gasteiger partial charge in [-0.1, -0.05) is 95.6 Å². The fourth-order valence-corrected chi connectivity index (χ4v) is 5.21. The molecule has 0 saturated heterocycles. The van der Waals surface area contributed by atoms with Crippen LogP contribution in [0.4, 0.5) is 0 Å². The van der Waals surface area contributed by atoms with Crippen molar-refractivity contribution in [2.75, 3.05) is 6.61 Å². The maximum absolute atomic E-state index is 12.6. The number of ether oxygens (including phenoxy) is 2. The number of hydrogen-bond donors (Lipinski definition) is 0. The van der Waals surface area contributed by atoms with E-state index in [0.717, 1.165) is 25.4 Å². The quantitative estimate of drug-likeness (QED) is 0.190. The molecular weight excluding hydrogens is 396 g/mol. The van der Waals surface area contributed by atoms with Gasteiger partial charge in [-0.25, -0.2) is 4.79 Å². The van der Waals surface area contributed by atoms with Crippen LogP contribution in [-0.4, -0.2) is 18.2 Å². The Balaban J connectivity index is 1.61. The van der Waals surface area contributed by atoms with Crippen molar-refractivity contribution in [2.24, 2.45) is 11.8 Å². The Morgan fingerprint density at radius 2 is 1.69 bits per heavy atom. The molecule has 0 bridgehead atoms. The van der Waals surface area contributed by atoms with Gasteiger partial charge in [0, 0.05) is 6.61 Å². The minimum Gasteiger partial charge on any atom is -0.423 e. The van der Waals surface area contributed by atoms with E-state index in [4.69, 9.17) is 9.47 Å². The van der Waals surface area contributed by atoms with E-state index < -0.39 is 0 Å². The van der Waals surface area contributed by atoms with E-state index in [0.29, 0.717) is 17.2 Å². The van der Waals surface area contributed by atoms with Gasteiger partial charge in [0.25, 0.3) is 0 Å². The Morgan fingerprint density at radius 3 is 2.34 bits per heavy atom.